The second-order valence-corrected chi connectivity index (χ2v) is 3.00. The molecule has 5 heteroatoms. The molecule has 4 N–H and O–H groups in total. The molecule has 0 heterocycles. The lowest BCUT2D eigenvalue weighted by atomic mass is 10.3. The van der Waals surface area contributed by atoms with Gasteiger partial charge in [-0.05, 0) is 24.4 Å². The molecule has 0 unspecified atom stereocenters. The fourth-order valence-electron chi connectivity index (χ4n) is 0.733. The Morgan fingerprint density at radius 2 is 2.25 bits per heavy atom. The smallest absolute Gasteiger partial charge is 0.168 e. The summed E-state index contributed by atoms with van der Waals surface area (Å²) < 4.78 is 0. The molecule has 0 aromatic heterocycles. The van der Waals surface area contributed by atoms with Gasteiger partial charge in [0, 0.05) is 11.8 Å². The first-order chi connectivity index (χ1) is 5.59. The number of benzene rings is 1. The van der Waals surface area contributed by atoms with Crippen LogP contribution in [0.15, 0.2) is 18.2 Å². The van der Waals surface area contributed by atoms with Crippen LogP contribution in [0.25, 0.3) is 0 Å². The molecule has 1 rings (SSSR count). The molecule has 1 aromatic carbocycles. The summed E-state index contributed by atoms with van der Waals surface area (Å²) in [6.07, 6.45) is 0. The average molecular weight is 203 g/mol. The van der Waals surface area contributed by atoms with Gasteiger partial charge in [-0.3, -0.25) is 0 Å². The van der Waals surface area contributed by atoms with E-state index >= 15 is 0 Å². The third-order valence-electron chi connectivity index (χ3n) is 1.21. The molecule has 0 spiro atoms. The van der Waals surface area contributed by atoms with E-state index in [1.807, 2.05) is 0 Å². The summed E-state index contributed by atoms with van der Waals surface area (Å²) in [5, 5.41) is 12.3. The third-order valence-corrected chi connectivity index (χ3v) is 1.64. The lowest BCUT2D eigenvalue weighted by Gasteiger charge is -2.04. The third kappa shape index (κ3) is 2.25. The van der Waals surface area contributed by atoms with Crippen molar-refractivity contribution in [2.75, 3.05) is 5.32 Å². The lowest BCUT2D eigenvalue weighted by Crippen LogP contribution is -2.18. The number of thiocarbonyl (C=S) groups is 1. The van der Waals surface area contributed by atoms with Crippen molar-refractivity contribution in [2.24, 2.45) is 5.73 Å². The molecule has 0 atom stereocenters. The molecule has 0 fully saturated rings. The Balaban J connectivity index is 2.89. The van der Waals surface area contributed by atoms with Crippen molar-refractivity contribution >= 4 is 34.6 Å². The van der Waals surface area contributed by atoms with E-state index in [4.69, 9.17) is 22.4 Å². The Bertz CT molecular complexity index is 316. The molecule has 0 saturated carbocycles. The SMILES string of the molecule is NC(=S)Nc1ccc(Cl)c(O)c1. The normalized spacial score (nSPS) is 9.42. The average Bonchev–Trinajstić information content (AvgIpc) is 1.96. The van der Waals surface area contributed by atoms with E-state index in [1.165, 1.54) is 6.07 Å². The zero-order valence-corrected chi connectivity index (χ0v) is 7.62. The van der Waals surface area contributed by atoms with Crippen molar-refractivity contribution in [3.05, 3.63) is 23.2 Å². The molecular formula is C7H7ClN2OS. The molecule has 3 nitrogen and oxygen atoms in total. The number of anilines is 1. The molecule has 0 aliphatic rings. The number of nitrogens with one attached hydrogen (secondary N) is 1. The quantitative estimate of drug-likeness (QED) is 0.607. The number of rotatable bonds is 1. The van der Waals surface area contributed by atoms with E-state index in [0.29, 0.717) is 10.7 Å². The highest BCUT2D eigenvalue weighted by Gasteiger charge is 1.99. The molecule has 64 valence electrons. The highest BCUT2D eigenvalue weighted by atomic mass is 35.5. The van der Waals surface area contributed by atoms with Crippen molar-refractivity contribution in [3.8, 4) is 5.75 Å². The summed E-state index contributed by atoms with van der Waals surface area (Å²) in [7, 11) is 0. The Labute approximate surface area is 80.1 Å². The van der Waals surface area contributed by atoms with E-state index < -0.39 is 0 Å². The van der Waals surface area contributed by atoms with Crippen LogP contribution < -0.4 is 11.1 Å². The van der Waals surface area contributed by atoms with Gasteiger partial charge in [0.1, 0.15) is 5.75 Å². The minimum atomic E-state index is -0.00193. The fourth-order valence-corrected chi connectivity index (χ4v) is 0.968. The van der Waals surface area contributed by atoms with Gasteiger partial charge < -0.3 is 16.2 Å². The number of hydrogen-bond donors (Lipinski definition) is 3. The highest BCUT2D eigenvalue weighted by molar-refractivity contribution is 7.80. The summed E-state index contributed by atoms with van der Waals surface area (Å²) in [5.74, 6) is -0.00193. The Kier molecular flexibility index (Phi) is 2.73. The van der Waals surface area contributed by atoms with Crippen LogP contribution in [0.2, 0.25) is 5.02 Å². The van der Waals surface area contributed by atoms with Crippen LogP contribution in [-0.4, -0.2) is 10.2 Å². The number of phenolic OH excluding ortho intramolecular Hbond substituents is 1. The Morgan fingerprint density at radius 1 is 1.58 bits per heavy atom. The number of hydrogen-bond acceptors (Lipinski definition) is 2. The van der Waals surface area contributed by atoms with E-state index in [1.54, 1.807) is 12.1 Å². The van der Waals surface area contributed by atoms with Gasteiger partial charge in [-0.1, -0.05) is 11.6 Å². The minimum absolute atomic E-state index is 0.00193. The number of nitrogens with two attached hydrogens (primary N) is 1. The zero-order chi connectivity index (χ0) is 9.14. The molecular weight excluding hydrogens is 196 g/mol. The predicted octanol–water partition coefficient (Wildman–Crippen LogP) is 1.70. The monoisotopic (exact) mass is 202 g/mol. The first-order valence-electron chi connectivity index (χ1n) is 3.14. The van der Waals surface area contributed by atoms with Gasteiger partial charge in [-0.2, -0.15) is 0 Å². The predicted molar refractivity (Wildman–Crippen MR) is 53.5 cm³/mol. The highest BCUT2D eigenvalue weighted by Crippen LogP contribution is 2.25. The van der Waals surface area contributed by atoms with Crippen LogP contribution in [0.1, 0.15) is 0 Å². The Morgan fingerprint density at radius 3 is 2.75 bits per heavy atom. The lowest BCUT2D eigenvalue weighted by molar-refractivity contribution is 0.476. The van der Waals surface area contributed by atoms with Crippen LogP contribution in [0.4, 0.5) is 5.69 Å². The van der Waals surface area contributed by atoms with Crippen molar-refractivity contribution in [1.82, 2.24) is 0 Å². The van der Waals surface area contributed by atoms with Gasteiger partial charge in [-0.15, -0.1) is 0 Å². The van der Waals surface area contributed by atoms with Crippen LogP contribution in [-0.2, 0) is 0 Å². The van der Waals surface area contributed by atoms with Gasteiger partial charge >= 0.3 is 0 Å². The van der Waals surface area contributed by atoms with E-state index in [2.05, 4.69) is 17.5 Å². The molecule has 0 bridgehead atoms. The first kappa shape index (κ1) is 9.09. The van der Waals surface area contributed by atoms with Crippen molar-refractivity contribution < 1.29 is 5.11 Å². The summed E-state index contributed by atoms with van der Waals surface area (Å²) in [6, 6.07) is 4.67. The molecule has 0 saturated heterocycles. The van der Waals surface area contributed by atoms with E-state index in [0.717, 1.165) is 0 Å². The maximum absolute atomic E-state index is 9.16. The maximum Gasteiger partial charge on any atom is 0.168 e. The summed E-state index contributed by atoms with van der Waals surface area (Å²) in [4.78, 5) is 0. The standard InChI is InChI=1S/C7H7ClN2OS/c8-5-2-1-4(3-6(5)11)10-7(9)12/h1-3,11H,(H3,9,10,12). The molecule has 12 heavy (non-hydrogen) atoms. The molecule has 0 aliphatic carbocycles. The summed E-state index contributed by atoms with van der Waals surface area (Å²) in [5.41, 5.74) is 5.83. The van der Waals surface area contributed by atoms with E-state index in [9.17, 15) is 0 Å². The van der Waals surface area contributed by atoms with Gasteiger partial charge in [0.25, 0.3) is 0 Å². The largest absolute Gasteiger partial charge is 0.506 e. The maximum atomic E-state index is 9.16. The molecule has 0 aliphatic heterocycles. The van der Waals surface area contributed by atoms with Crippen molar-refractivity contribution in [2.45, 2.75) is 0 Å². The second kappa shape index (κ2) is 3.60. The molecule has 1 aromatic rings. The van der Waals surface area contributed by atoms with Gasteiger partial charge in [0.15, 0.2) is 5.11 Å². The summed E-state index contributed by atoms with van der Waals surface area (Å²) >= 11 is 10.2. The zero-order valence-electron chi connectivity index (χ0n) is 6.04. The molecule has 0 amide bonds. The van der Waals surface area contributed by atoms with Crippen molar-refractivity contribution in [1.29, 1.82) is 0 Å². The van der Waals surface area contributed by atoms with Gasteiger partial charge in [-0.25, -0.2) is 0 Å². The number of halogens is 1. The second-order valence-electron chi connectivity index (χ2n) is 2.16. The summed E-state index contributed by atoms with van der Waals surface area (Å²) in [6.45, 7) is 0. The van der Waals surface area contributed by atoms with Gasteiger partial charge in [0.2, 0.25) is 0 Å². The van der Waals surface area contributed by atoms with Crippen molar-refractivity contribution in [3.63, 3.8) is 0 Å². The van der Waals surface area contributed by atoms with Crippen LogP contribution in [0, 0.1) is 0 Å². The molecule has 0 radical (unpaired) electrons. The Hall–Kier alpha value is -1.00. The van der Waals surface area contributed by atoms with Crippen LogP contribution in [0.3, 0.4) is 0 Å². The van der Waals surface area contributed by atoms with E-state index in [-0.39, 0.29) is 10.9 Å². The topological polar surface area (TPSA) is 58.3 Å². The van der Waals surface area contributed by atoms with Crippen LogP contribution >= 0.6 is 23.8 Å². The first-order valence-corrected chi connectivity index (χ1v) is 3.93. The van der Waals surface area contributed by atoms with Crippen LogP contribution in [0.5, 0.6) is 5.75 Å². The fraction of sp³-hybridized carbons (Fsp3) is 0. The number of phenols is 1. The minimum Gasteiger partial charge on any atom is -0.506 e. The van der Waals surface area contributed by atoms with Gasteiger partial charge in [0.05, 0.1) is 5.02 Å². The number of aromatic hydroxyl groups is 1.